The Labute approximate surface area is 149 Å². The zero-order chi connectivity index (χ0) is 16.9. The number of hydrogen-bond donors (Lipinski definition) is 1. The van der Waals surface area contributed by atoms with Crippen molar-refractivity contribution in [2.24, 2.45) is 5.92 Å². The fraction of sp³-hybridized carbons (Fsp3) is 0.476. The fourth-order valence-electron chi connectivity index (χ4n) is 2.97. The molecule has 2 aliphatic rings. The molecule has 0 radical (unpaired) electrons. The predicted octanol–water partition coefficient (Wildman–Crippen LogP) is 3.46. The number of benzene rings is 1. The maximum absolute atomic E-state index is 5.87. The third-order valence-corrected chi connectivity index (χ3v) is 4.94. The van der Waals surface area contributed by atoms with Gasteiger partial charge in [0.15, 0.2) is 0 Å². The highest BCUT2D eigenvalue weighted by atomic mass is 16.5. The third-order valence-electron chi connectivity index (χ3n) is 4.94. The highest BCUT2D eigenvalue weighted by molar-refractivity contribution is 5.64. The summed E-state index contributed by atoms with van der Waals surface area (Å²) < 4.78 is 11.6. The summed E-state index contributed by atoms with van der Waals surface area (Å²) in [5.74, 6) is 1.67. The summed E-state index contributed by atoms with van der Waals surface area (Å²) in [6, 6.07) is 11.2. The quantitative estimate of drug-likeness (QED) is 0.711. The molecule has 0 amide bonds. The molecule has 25 heavy (non-hydrogen) atoms. The summed E-state index contributed by atoms with van der Waals surface area (Å²) in [7, 11) is 0. The Kier molecular flexibility index (Phi) is 5.28. The van der Waals surface area contributed by atoms with E-state index in [2.05, 4.69) is 40.6 Å². The minimum absolute atomic E-state index is 0.489. The van der Waals surface area contributed by atoms with Crippen LogP contribution in [0, 0.1) is 5.92 Å². The van der Waals surface area contributed by atoms with E-state index in [-0.39, 0.29) is 0 Å². The SMILES string of the molecule is c1cc(CCOCC2CC2)cc(-c2cncc(OCC3CCN3)c2)c1. The minimum atomic E-state index is 0.489. The summed E-state index contributed by atoms with van der Waals surface area (Å²) in [5.41, 5.74) is 3.58. The van der Waals surface area contributed by atoms with Crippen molar-refractivity contribution >= 4 is 0 Å². The van der Waals surface area contributed by atoms with E-state index < -0.39 is 0 Å². The largest absolute Gasteiger partial charge is 0.490 e. The van der Waals surface area contributed by atoms with Crippen LogP contribution in [0.15, 0.2) is 42.7 Å². The number of nitrogens with one attached hydrogen (secondary N) is 1. The van der Waals surface area contributed by atoms with Gasteiger partial charge in [-0.3, -0.25) is 4.98 Å². The molecule has 1 atom stereocenters. The molecule has 1 saturated heterocycles. The van der Waals surface area contributed by atoms with E-state index in [1.165, 1.54) is 30.4 Å². The van der Waals surface area contributed by atoms with E-state index in [9.17, 15) is 0 Å². The van der Waals surface area contributed by atoms with E-state index >= 15 is 0 Å². The van der Waals surface area contributed by atoms with Gasteiger partial charge in [0.25, 0.3) is 0 Å². The molecule has 1 aromatic carbocycles. The van der Waals surface area contributed by atoms with Gasteiger partial charge >= 0.3 is 0 Å². The summed E-state index contributed by atoms with van der Waals surface area (Å²) >= 11 is 0. The van der Waals surface area contributed by atoms with Gasteiger partial charge in [0.1, 0.15) is 12.4 Å². The molecular formula is C21H26N2O2. The molecule has 4 nitrogen and oxygen atoms in total. The molecule has 2 heterocycles. The van der Waals surface area contributed by atoms with Gasteiger partial charge in [0.2, 0.25) is 0 Å². The molecule has 4 rings (SSSR count). The van der Waals surface area contributed by atoms with Gasteiger partial charge in [-0.05, 0) is 55.3 Å². The lowest BCUT2D eigenvalue weighted by Crippen LogP contribution is -2.46. The molecule has 1 aromatic heterocycles. The van der Waals surface area contributed by atoms with Gasteiger partial charge in [-0.15, -0.1) is 0 Å². The van der Waals surface area contributed by atoms with Crippen LogP contribution in [0.4, 0.5) is 0 Å². The van der Waals surface area contributed by atoms with Crippen LogP contribution < -0.4 is 10.1 Å². The normalized spacial score (nSPS) is 19.4. The van der Waals surface area contributed by atoms with Gasteiger partial charge in [-0.25, -0.2) is 0 Å². The van der Waals surface area contributed by atoms with Crippen LogP contribution in [0.2, 0.25) is 0 Å². The van der Waals surface area contributed by atoms with Crippen LogP contribution in [0.3, 0.4) is 0 Å². The number of pyridine rings is 1. The van der Waals surface area contributed by atoms with Crippen molar-refractivity contribution in [1.82, 2.24) is 10.3 Å². The van der Waals surface area contributed by atoms with Gasteiger partial charge in [-0.1, -0.05) is 24.3 Å². The first-order valence-electron chi connectivity index (χ1n) is 9.35. The average Bonchev–Trinajstić information content (AvgIpc) is 3.42. The molecule has 1 unspecified atom stereocenters. The van der Waals surface area contributed by atoms with Crippen LogP contribution in [-0.4, -0.2) is 37.4 Å². The summed E-state index contributed by atoms with van der Waals surface area (Å²) in [6.07, 6.45) is 8.53. The molecular weight excluding hydrogens is 312 g/mol. The van der Waals surface area contributed by atoms with Crippen LogP contribution in [0.1, 0.15) is 24.8 Å². The molecule has 1 aliphatic carbocycles. The fourth-order valence-corrected chi connectivity index (χ4v) is 2.97. The lowest BCUT2D eigenvalue weighted by molar-refractivity contribution is 0.127. The molecule has 2 fully saturated rings. The maximum atomic E-state index is 5.87. The van der Waals surface area contributed by atoms with E-state index in [0.717, 1.165) is 43.4 Å². The Balaban J connectivity index is 1.35. The second-order valence-electron chi connectivity index (χ2n) is 7.13. The second-order valence-corrected chi connectivity index (χ2v) is 7.13. The van der Waals surface area contributed by atoms with Crippen molar-refractivity contribution in [3.05, 3.63) is 48.3 Å². The molecule has 1 N–H and O–H groups in total. The number of nitrogens with zero attached hydrogens (tertiary/aromatic N) is 1. The van der Waals surface area contributed by atoms with Gasteiger partial charge in [0, 0.05) is 24.4 Å². The van der Waals surface area contributed by atoms with Crippen LogP contribution >= 0.6 is 0 Å². The smallest absolute Gasteiger partial charge is 0.138 e. The summed E-state index contributed by atoms with van der Waals surface area (Å²) in [6.45, 7) is 3.54. The first-order valence-corrected chi connectivity index (χ1v) is 9.35. The minimum Gasteiger partial charge on any atom is -0.490 e. The highest BCUT2D eigenvalue weighted by Gasteiger charge is 2.20. The van der Waals surface area contributed by atoms with Crippen molar-refractivity contribution in [2.45, 2.75) is 31.7 Å². The Bertz CT molecular complexity index is 696. The van der Waals surface area contributed by atoms with Gasteiger partial charge in [0.05, 0.1) is 12.8 Å². The standard InChI is InChI=1S/C21H26N2O2/c1-2-16(7-9-24-14-17-4-5-17)10-18(3-1)19-11-21(13-22-12-19)25-15-20-6-8-23-20/h1-3,10-13,17,20,23H,4-9,14-15H2. The monoisotopic (exact) mass is 338 g/mol. The molecule has 4 heteroatoms. The second kappa shape index (κ2) is 7.98. The zero-order valence-corrected chi connectivity index (χ0v) is 14.6. The Hall–Kier alpha value is -1.91. The van der Waals surface area contributed by atoms with Crippen molar-refractivity contribution in [3.63, 3.8) is 0 Å². The van der Waals surface area contributed by atoms with Gasteiger partial charge in [-0.2, -0.15) is 0 Å². The highest BCUT2D eigenvalue weighted by Crippen LogP contribution is 2.29. The average molecular weight is 338 g/mol. The lowest BCUT2D eigenvalue weighted by Gasteiger charge is -2.27. The number of aromatic nitrogens is 1. The zero-order valence-electron chi connectivity index (χ0n) is 14.6. The van der Waals surface area contributed by atoms with Crippen LogP contribution in [0.25, 0.3) is 11.1 Å². The first-order chi connectivity index (χ1) is 12.4. The van der Waals surface area contributed by atoms with Crippen LogP contribution in [0.5, 0.6) is 5.75 Å². The summed E-state index contributed by atoms with van der Waals surface area (Å²) in [4.78, 5) is 4.34. The molecule has 2 aromatic rings. The Morgan fingerprint density at radius 3 is 2.76 bits per heavy atom. The Morgan fingerprint density at radius 1 is 1.04 bits per heavy atom. The number of rotatable bonds is 9. The van der Waals surface area contributed by atoms with Gasteiger partial charge < -0.3 is 14.8 Å². The van der Waals surface area contributed by atoms with Crippen molar-refractivity contribution in [3.8, 4) is 16.9 Å². The van der Waals surface area contributed by atoms with E-state index in [0.29, 0.717) is 12.6 Å². The van der Waals surface area contributed by atoms with E-state index in [1.54, 1.807) is 6.20 Å². The molecule has 132 valence electrons. The Morgan fingerprint density at radius 2 is 1.96 bits per heavy atom. The molecule has 0 bridgehead atoms. The molecule has 1 aliphatic heterocycles. The third kappa shape index (κ3) is 4.80. The summed E-state index contributed by atoms with van der Waals surface area (Å²) in [5, 5.41) is 3.35. The predicted molar refractivity (Wildman–Crippen MR) is 98.8 cm³/mol. The maximum Gasteiger partial charge on any atom is 0.138 e. The lowest BCUT2D eigenvalue weighted by atomic mass is 10.0. The van der Waals surface area contributed by atoms with Crippen LogP contribution in [-0.2, 0) is 11.2 Å². The van der Waals surface area contributed by atoms with E-state index in [4.69, 9.17) is 9.47 Å². The molecule has 0 spiro atoms. The van der Waals surface area contributed by atoms with E-state index in [1.807, 2.05) is 6.20 Å². The van der Waals surface area contributed by atoms with Crippen molar-refractivity contribution < 1.29 is 9.47 Å². The number of ether oxygens (including phenoxy) is 2. The van der Waals surface area contributed by atoms with Crippen molar-refractivity contribution in [1.29, 1.82) is 0 Å². The number of hydrogen-bond acceptors (Lipinski definition) is 4. The first kappa shape index (κ1) is 16.6. The topological polar surface area (TPSA) is 43.4 Å². The molecule has 1 saturated carbocycles. The van der Waals surface area contributed by atoms with Crippen molar-refractivity contribution in [2.75, 3.05) is 26.4 Å².